The molecule has 2 aromatic carbocycles. The molecule has 0 bridgehead atoms. The Bertz CT molecular complexity index is 817. The summed E-state index contributed by atoms with van der Waals surface area (Å²) in [4.78, 5) is 23.6. The molecular formula is C19H20N2O5. The maximum Gasteiger partial charge on any atom is 0.251 e. The first kappa shape index (κ1) is 17.6. The molecule has 2 amide bonds. The minimum absolute atomic E-state index is 0.144. The van der Waals surface area contributed by atoms with E-state index >= 15 is 0 Å². The van der Waals surface area contributed by atoms with Gasteiger partial charge in [0.2, 0.25) is 11.7 Å². The van der Waals surface area contributed by atoms with Gasteiger partial charge in [0, 0.05) is 24.7 Å². The van der Waals surface area contributed by atoms with Gasteiger partial charge in [0.1, 0.15) is 13.2 Å². The monoisotopic (exact) mass is 356 g/mol. The van der Waals surface area contributed by atoms with Gasteiger partial charge in [-0.2, -0.15) is 0 Å². The van der Waals surface area contributed by atoms with E-state index in [-0.39, 0.29) is 11.8 Å². The first-order chi connectivity index (χ1) is 12.6. The number of methoxy groups -OCH3 is 1. The van der Waals surface area contributed by atoms with Crippen LogP contribution in [-0.2, 0) is 11.3 Å². The minimum atomic E-state index is -0.259. The third-order valence-corrected chi connectivity index (χ3v) is 3.79. The van der Waals surface area contributed by atoms with Crippen LogP contribution in [-0.4, -0.2) is 32.1 Å². The van der Waals surface area contributed by atoms with Crippen LogP contribution in [0, 0.1) is 0 Å². The molecule has 26 heavy (non-hydrogen) atoms. The summed E-state index contributed by atoms with van der Waals surface area (Å²) in [7, 11) is 1.52. The van der Waals surface area contributed by atoms with Crippen LogP contribution in [0.15, 0.2) is 36.4 Å². The standard InChI is InChI=1S/C19H20N2O5/c1-12(22)21-15-5-3-4-13(8-15)11-20-19(23)14-9-16(24-2)18-17(10-14)25-6-7-26-18/h3-5,8-10H,6-7,11H2,1-2H3,(H,20,23)(H,21,22). The maximum atomic E-state index is 12.5. The topological polar surface area (TPSA) is 85.9 Å². The minimum Gasteiger partial charge on any atom is -0.493 e. The molecular weight excluding hydrogens is 336 g/mol. The second kappa shape index (κ2) is 7.77. The van der Waals surface area contributed by atoms with Crippen LogP contribution in [0.3, 0.4) is 0 Å². The molecule has 1 aliphatic rings. The number of hydrogen-bond donors (Lipinski definition) is 2. The third kappa shape index (κ3) is 4.05. The molecule has 7 heteroatoms. The average molecular weight is 356 g/mol. The molecule has 0 spiro atoms. The fourth-order valence-electron chi connectivity index (χ4n) is 2.65. The Morgan fingerprint density at radius 1 is 1.15 bits per heavy atom. The molecule has 0 radical (unpaired) electrons. The summed E-state index contributed by atoms with van der Waals surface area (Å²) in [6.07, 6.45) is 0. The Balaban J connectivity index is 1.71. The van der Waals surface area contributed by atoms with Crippen LogP contribution < -0.4 is 24.8 Å². The predicted molar refractivity (Wildman–Crippen MR) is 95.9 cm³/mol. The quantitative estimate of drug-likeness (QED) is 0.859. The highest BCUT2D eigenvalue weighted by Gasteiger charge is 2.20. The van der Waals surface area contributed by atoms with E-state index in [1.807, 2.05) is 18.2 Å². The van der Waals surface area contributed by atoms with Gasteiger partial charge in [0.05, 0.1) is 7.11 Å². The van der Waals surface area contributed by atoms with E-state index in [2.05, 4.69) is 10.6 Å². The number of anilines is 1. The average Bonchev–Trinajstić information content (AvgIpc) is 2.65. The molecule has 0 saturated carbocycles. The molecule has 0 aliphatic carbocycles. The molecule has 2 aromatic rings. The molecule has 3 rings (SSSR count). The number of carbonyl (C=O) groups is 2. The maximum absolute atomic E-state index is 12.5. The van der Waals surface area contributed by atoms with Crippen LogP contribution in [0.2, 0.25) is 0 Å². The van der Waals surface area contributed by atoms with Crippen molar-refractivity contribution >= 4 is 17.5 Å². The van der Waals surface area contributed by atoms with Crippen LogP contribution in [0.25, 0.3) is 0 Å². The van der Waals surface area contributed by atoms with Gasteiger partial charge in [0.15, 0.2) is 11.5 Å². The molecule has 1 aliphatic heterocycles. The number of amides is 2. The second-order valence-electron chi connectivity index (χ2n) is 5.77. The Kier molecular flexibility index (Phi) is 5.26. The lowest BCUT2D eigenvalue weighted by Crippen LogP contribution is -2.24. The Morgan fingerprint density at radius 2 is 1.96 bits per heavy atom. The van der Waals surface area contributed by atoms with Crippen molar-refractivity contribution in [1.82, 2.24) is 5.32 Å². The van der Waals surface area contributed by atoms with E-state index in [9.17, 15) is 9.59 Å². The number of fused-ring (bicyclic) bond motifs is 1. The zero-order valence-electron chi connectivity index (χ0n) is 14.6. The molecule has 2 N–H and O–H groups in total. The van der Waals surface area contributed by atoms with Crippen molar-refractivity contribution in [3.8, 4) is 17.2 Å². The highest BCUT2D eigenvalue weighted by molar-refractivity contribution is 5.95. The van der Waals surface area contributed by atoms with Gasteiger partial charge >= 0.3 is 0 Å². The van der Waals surface area contributed by atoms with Gasteiger partial charge in [0.25, 0.3) is 5.91 Å². The first-order valence-corrected chi connectivity index (χ1v) is 8.19. The predicted octanol–water partition coefficient (Wildman–Crippen LogP) is 2.35. The van der Waals surface area contributed by atoms with Crippen molar-refractivity contribution in [2.75, 3.05) is 25.6 Å². The van der Waals surface area contributed by atoms with Crippen LogP contribution >= 0.6 is 0 Å². The molecule has 0 aromatic heterocycles. The highest BCUT2D eigenvalue weighted by Crippen LogP contribution is 2.40. The zero-order valence-corrected chi connectivity index (χ0v) is 14.6. The lowest BCUT2D eigenvalue weighted by molar-refractivity contribution is -0.114. The molecule has 136 valence electrons. The van der Waals surface area contributed by atoms with E-state index in [0.29, 0.717) is 48.3 Å². The number of ether oxygens (including phenoxy) is 3. The normalized spacial score (nSPS) is 12.2. The van der Waals surface area contributed by atoms with E-state index in [0.717, 1.165) is 5.56 Å². The Labute approximate surface area is 151 Å². The van der Waals surface area contributed by atoms with Gasteiger partial charge in [-0.3, -0.25) is 9.59 Å². The van der Waals surface area contributed by atoms with Crippen molar-refractivity contribution in [2.45, 2.75) is 13.5 Å². The molecule has 0 atom stereocenters. The molecule has 7 nitrogen and oxygen atoms in total. The summed E-state index contributed by atoms with van der Waals surface area (Å²) in [6, 6.07) is 10.6. The van der Waals surface area contributed by atoms with Crippen molar-refractivity contribution in [2.24, 2.45) is 0 Å². The smallest absolute Gasteiger partial charge is 0.251 e. The number of nitrogens with one attached hydrogen (secondary N) is 2. The number of hydrogen-bond acceptors (Lipinski definition) is 5. The van der Waals surface area contributed by atoms with Gasteiger partial charge in [-0.05, 0) is 29.8 Å². The Hall–Kier alpha value is -3.22. The largest absolute Gasteiger partial charge is 0.493 e. The fourth-order valence-corrected chi connectivity index (χ4v) is 2.65. The summed E-state index contributed by atoms with van der Waals surface area (Å²) in [5.74, 6) is 1.06. The highest BCUT2D eigenvalue weighted by atomic mass is 16.6. The van der Waals surface area contributed by atoms with E-state index < -0.39 is 0 Å². The summed E-state index contributed by atoms with van der Waals surface area (Å²) in [6.45, 7) is 2.64. The summed E-state index contributed by atoms with van der Waals surface area (Å²) in [5, 5.41) is 5.57. The van der Waals surface area contributed by atoms with Gasteiger partial charge < -0.3 is 24.8 Å². The van der Waals surface area contributed by atoms with Crippen molar-refractivity contribution in [3.63, 3.8) is 0 Å². The van der Waals surface area contributed by atoms with Crippen LogP contribution in [0.1, 0.15) is 22.8 Å². The van der Waals surface area contributed by atoms with Crippen molar-refractivity contribution in [1.29, 1.82) is 0 Å². The lowest BCUT2D eigenvalue weighted by Gasteiger charge is -2.21. The number of carbonyl (C=O) groups excluding carboxylic acids is 2. The number of rotatable bonds is 5. The molecule has 0 unspecified atom stereocenters. The van der Waals surface area contributed by atoms with Crippen LogP contribution in [0.4, 0.5) is 5.69 Å². The first-order valence-electron chi connectivity index (χ1n) is 8.19. The van der Waals surface area contributed by atoms with E-state index in [1.54, 1.807) is 18.2 Å². The number of benzene rings is 2. The fraction of sp³-hybridized carbons (Fsp3) is 0.263. The lowest BCUT2D eigenvalue weighted by atomic mass is 10.1. The van der Waals surface area contributed by atoms with Gasteiger partial charge in [-0.1, -0.05) is 12.1 Å². The zero-order chi connectivity index (χ0) is 18.5. The summed E-state index contributed by atoms with van der Waals surface area (Å²) >= 11 is 0. The van der Waals surface area contributed by atoms with Gasteiger partial charge in [-0.15, -0.1) is 0 Å². The molecule has 0 fully saturated rings. The van der Waals surface area contributed by atoms with Crippen molar-refractivity contribution < 1.29 is 23.8 Å². The Morgan fingerprint density at radius 3 is 2.73 bits per heavy atom. The SMILES string of the molecule is COc1cc(C(=O)NCc2cccc(NC(C)=O)c2)cc2c1OCCO2. The third-order valence-electron chi connectivity index (χ3n) is 3.79. The second-order valence-corrected chi connectivity index (χ2v) is 5.77. The summed E-state index contributed by atoms with van der Waals surface area (Å²) < 4.78 is 16.4. The van der Waals surface area contributed by atoms with Crippen LogP contribution in [0.5, 0.6) is 17.2 Å². The van der Waals surface area contributed by atoms with Crippen molar-refractivity contribution in [3.05, 3.63) is 47.5 Å². The summed E-state index contributed by atoms with van der Waals surface area (Å²) in [5.41, 5.74) is 1.98. The van der Waals surface area contributed by atoms with E-state index in [4.69, 9.17) is 14.2 Å². The van der Waals surface area contributed by atoms with E-state index in [1.165, 1.54) is 14.0 Å². The molecule has 1 heterocycles. The molecule has 0 saturated heterocycles. The van der Waals surface area contributed by atoms with Gasteiger partial charge in [-0.25, -0.2) is 0 Å².